The molecule has 0 amide bonds. The first kappa shape index (κ1) is 16.3. The van der Waals surface area contributed by atoms with Crippen LogP contribution >= 0.6 is 11.6 Å². The number of hydrogen-bond donors (Lipinski definition) is 1. The van der Waals surface area contributed by atoms with Crippen LogP contribution in [0, 0.1) is 0 Å². The molecule has 0 spiro atoms. The van der Waals surface area contributed by atoms with Crippen molar-refractivity contribution in [2.75, 3.05) is 54.5 Å². The molecule has 25 heavy (non-hydrogen) atoms. The van der Waals surface area contributed by atoms with Crippen LogP contribution in [0.4, 0.5) is 17.7 Å². The zero-order valence-corrected chi connectivity index (χ0v) is 14.6. The van der Waals surface area contributed by atoms with Crippen LogP contribution in [0.2, 0.25) is 5.02 Å². The maximum atomic E-state index is 5.85. The smallest absolute Gasteiger partial charge is 0.225 e. The van der Waals surface area contributed by atoms with Crippen LogP contribution in [0.1, 0.15) is 6.42 Å². The molecular weight excluding hydrogens is 342 g/mol. The molecule has 0 saturated carbocycles. The Balaban J connectivity index is 1.38. The SMILES string of the molecule is Clc1cnc(N2CCC(Nc3nccc(N4CCOCC4)n3)C2)nc1. The van der Waals surface area contributed by atoms with E-state index >= 15 is 0 Å². The molecule has 4 rings (SSSR count). The second kappa shape index (κ2) is 7.37. The highest BCUT2D eigenvalue weighted by Gasteiger charge is 2.25. The van der Waals surface area contributed by atoms with Gasteiger partial charge in [-0.25, -0.2) is 15.0 Å². The molecular formula is C16H20ClN7O. The average molecular weight is 362 g/mol. The summed E-state index contributed by atoms with van der Waals surface area (Å²) in [5.74, 6) is 2.31. The van der Waals surface area contributed by atoms with Gasteiger partial charge in [-0.1, -0.05) is 11.6 Å². The summed E-state index contributed by atoms with van der Waals surface area (Å²) in [6.45, 7) is 4.91. The zero-order valence-electron chi connectivity index (χ0n) is 13.8. The van der Waals surface area contributed by atoms with Crippen molar-refractivity contribution in [3.8, 4) is 0 Å². The minimum absolute atomic E-state index is 0.263. The lowest BCUT2D eigenvalue weighted by atomic mass is 10.3. The normalized spacial score (nSPS) is 20.8. The number of halogens is 1. The molecule has 9 heteroatoms. The quantitative estimate of drug-likeness (QED) is 0.876. The number of rotatable bonds is 4. The van der Waals surface area contributed by atoms with E-state index in [1.54, 1.807) is 18.6 Å². The molecule has 0 aromatic carbocycles. The molecule has 2 aromatic heterocycles. The fourth-order valence-corrected chi connectivity index (χ4v) is 3.20. The van der Waals surface area contributed by atoms with E-state index in [2.05, 4.69) is 35.1 Å². The monoisotopic (exact) mass is 361 g/mol. The second-order valence-electron chi connectivity index (χ2n) is 6.12. The van der Waals surface area contributed by atoms with E-state index in [4.69, 9.17) is 16.3 Å². The third-order valence-corrected chi connectivity index (χ3v) is 4.58. The van der Waals surface area contributed by atoms with Crippen molar-refractivity contribution in [2.45, 2.75) is 12.5 Å². The van der Waals surface area contributed by atoms with Gasteiger partial charge in [0.1, 0.15) is 5.82 Å². The van der Waals surface area contributed by atoms with Crippen molar-refractivity contribution in [3.63, 3.8) is 0 Å². The molecule has 1 atom stereocenters. The standard InChI is InChI=1S/C16H20ClN7O/c17-12-9-19-16(20-10-12)24-4-2-13(11-24)21-15-18-3-1-14(22-15)23-5-7-25-8-6-23/h1,3,9-10,13H,2,4-8,11H2,(H,18,21,22). The molecule has 1 N–H and O–H groups in total. The predicted octanol–water partition coefficient (Wildman–Crippen LogP) is 1.45. The lowest BCUT2D eigenvalue weighted by molar-refractivity contribution is 0.122. The number of nitrogens with zero attached hydrogens (tertiary/aromatic N) is 6. The Morgan fingerprint density at radius 1 is 1.08 bits per heavy atom. The summed E-state index contributed by atoms with van der Waals surface area (Å²) in [5.41, 5.74) is 0. The van der Waals surface area contributed by atoms with Gasteiger partial charge in [0.25, 0.3) is 0 Å². The Morgan fingerprint density at radius 2 is 1.88 bits per heavy atom. The van der Waals surface area contributed by atoms with Gasteiger partial charge in [0.15, 0.2) is 0 Å². The summed E-state index contributed by atoms with van der Waals surface area (Å²) < 4.78 is 5.39. The highest BCUT2D eigenvalue weighted by Crippen LogP contribution is 2.20. The molecule has 132 valence electrons. The van der Waals surface area contributed by atoms with Crippen LogP contribution in [0.25, 0.3) is 0 Å². The van der Waals surface area contributed by atoms with Gasteiger partial charge in [0.2, 0.25) is 11.9 Å². The number of aromatic nitrogens is 4. The maximum absolute atomic E-state index is 5.85. The van der Waals surface area contributed by atoms with Gasteiger partial charge >= 0.3 is 0 Å². The van der Waals surface area contributed by atoms with Crippen LogP contribution in [0.3, 0.4) is 0 Å². The van der Waals surface area contributed by atoms with Crippen molar-refractivity contribution >= 4 is 29.3 Å². The van der Waals surface area contributed by atoms with E-state index in [0.29, 0.717) is 16.9 Å². The lowest BCUT2D eigenvalue weighted by Crippen LogP contribution is -2.37. The topological polar surface area (TPSA) is 79.3 Å². The minimum Gasteiger partial charge on any atom is -0.378 e. The van der Waals surface area contributed by atoms with Crippen LogP contribution in [0.5, 0.6) is 0 Å². The fourth-order valence-electron chi connectivity index (χ4n) is 3.10. The Kier molecular flexibility index (Phi) is 4.80. The number of hydrogen-bond acceptors (Lipinski definition) is 8. The first-order chi connectivity index (χ1) is 12.3. The molecule has 2 aliphatic heterocycles. The minimum atomic E-state index is 0.263. The van der Waals surface area contributed by atoms with Gasteiger partial charge in [-0.05, 0) is 12.5 Å². The van der Waals surface area contributed by atoms with E-state index in [1.165, 1.54) is 0 Å². The highest BCUT2D eigenvalue weighted by molar-refractivity contribution is 6.30. The van der Waals surface area contributed by atoms with Crippen LogP contribution in [-0.4, -0.2) is 65.4 Å². The van der Waals surface area contributed by atoms with E-state index in [-0.39, 0.29) is 6.04 Å². The first-order valence-electron chi connectivity index (χ1n) is 8.43. The molecule has 4 heterocycles. The number of anilines is 3. The van der Waals surface area contributed by atoms with Crippen molar-refractivity contribution in [1.82, 2.24) is 19.9 Å². The summed E-state index contributed by atoms with van der Waals surface area (Å²) in [7, 11) is 0. The lowest BCUT2D eigenvalue weighted by Gasteiger charge is -2.28. The molecule has 2 fully saturated rings. The molecule has 8 nitrogen and oxygen atoms in total. The van der Waals surface area contributed by atoms with Crippen LogP contribution in [0.15, 0.2) is 24.7 Å². The molecule has 0 bridgehead atoms. The van der Waals surface area contributed by atoms with Gasteiger partial charge in [0, 0.05) is 38.4 Å². The van der Waals surface area contributed by atoms with E-state index in [1.807, 2.05) is 6.07 Å². The molecule has 0 aliphatic carbocycles. The zero-order chi connectivity index (χ0) is 17.1. The number of ether oxygens (including phenoxy) is 1. The highest BCUT2D eigenvalue weighted by atomic mass is 35.5. The van der Waals surface area contributed by atoms with Crippen molar-refractivity contribution < 1.29 is 4.74 Å². The molecule has 2 saturated heterocycles. The third-order valence-electron chi connectivity index (χ3n) is 4.39. The summed E-state index contributed by atoms with van der Waals surface area (Å²) in [4.78, 5) is 21.9. The molecule has 0 radical (unpaired) electrons. The van der Waals surface area contributed by atoms with Crippen molar-refractivity contribution in [1.29, 1.82) is 0 Å². The average Bonchev–Trinajstić information content (AvgIpc) is 3.12. The Hall–Kier alpha value is -2.19. The third kappa shape index (κ3) is 3.91. The van der Waals surface area contributed by atoms with Gasteiger partial charge < -0.3 is 19.9 Å². The number of nitrogens with one attached hydrogen (secondary N) is 1. The fraction of sp³-hybridized carbons (Fsp3) is 0.500. The summed E-state index contributed by atoms with van der Waals surface area (Å²) in [6, 6.07) is 2.21. The van der Waals surface area contributed by atoms with E-state index < -0.39 is 0 Å². The number of morpholine rings is 1. The van der Waals surface area contributed by atoms with Gasteiger partial charge in [-0.15, -0.1) is 0 Å². The molecule has 1 unspecified atom stereocenters. The van der Waals surface area contributed by atoms with Crippen molar-refractivity contribution in [3.05, 3.63) is 29.7 Å². The Labute approximate surface area is 151 Å². The van der Waals surface area contributed by atoms with E-state index in [9.17, 15) is 0 Å². The summed E-state index contributed by atoms with van der Waals surface area (Å²) >= 11 is 5.85. The van der Waals surface area contributed by atoms with Gasteiger partial charge in [-0.3, -0.25) is 0 Å². The first-order valence-corrected chi connectivity index (χ1v) is 8.80. The van der Waals surface area contributed by atoms with Crippen LogP contribution < -0.4 is 15.1 Å². The second-order valence-corrected chi connectivity index (χ2v) is 6.55. The maximum Gasteiger partial charge on any atom is 0.225 e. The van der Waals surface area contributed by atoms with Crippen LogP contribution in [-0.2, 0) is 4.74 Å². The Morgan fingerprint density at radius 3 is 2.68 bits per heavy atom. The van der Waals surface area contributed by atoms with Gasteiger partial charge in [0.05, 0.1) is 30.6 Å². The molecule has 2 aliphatic rings. The Bertz CT molecular complexity index is 708. The van der Waals surface area contributed by atoms with Crippen molar-refractivity contribution in [2.24, 2.45) is 0 Å². The summed E-state index contributed by atoms with van der Waals surface area (Å²) in [5, 5.41) is 3.98. The van der Waals surface area contributed by atoms with Gasteiger partial charge in [-0.2, -0.15) is 4.98 Å². The largest absolute Gasteiger partial charge is 0.378 e. The summed E-state index contributed by atoms with van der Waals surface area (Å²) in [6.07, 6.45) is 6.03. The van der Waals surface area contributed by atoms with E-state index in [0.717, 1.165) is 51.6 Å². The molecule has 2 aromatic rings. The predicted molar refractivity (Wildman–Crippen MR) is 96.3 cm³/mol.